The molecule has 1 aliphatic rings. The Morgan fingerprint density at radius 3 is 2.54 bits per heavy atom. The van der Waals surface area contributed by atoms with E-state index in [2.05, 4.69) is 26.1 Å². The molecule has 0 aromatic carbocycles. The Balaban J connectivity index is 2.80. The van der Waals surface area contributed by atoms with Gasteiger partial charge in [0.25, 0.3) is 0 Å². The zero-order valence-corrected chi connectivity index (χ0v) is 9.18. The van der Waals surface area contributed by atoms with Crippen molar-refractivity contribution in [3.8, 4) is 0 Å². The summed E-state index contributed by atoms with van der Waals surface area (Å²) in [6, 6.07) is 0. The van der Waals surface area contributed by atoms with Crippen LogP contribution in [0, 0.1) is 17.3 Å². The molecule has 1 N–H and O–H groups in total. The molecule has 0 aliphatic heterocycles. The highest BCUT2D eigenvalue weighted by molar-refractivity contribution is 5.79. The van der Waals surface area contributed by atoms with Gasteiger partial charge in [-0.3, -0.25) is 4.79 Å². The second-order valence-electron chi connectivity index (χ2n) is 4.95. The van der Waals surface area contributed by atoms with Gasteiger partial charge in [-0.25, -0.2) is 0 Å². The fraction of sp³-hybridized carbons (Fsp3) is 0.909. The molecule has 1 amide bonds. The lowest BCUT2D eigenvalue weighted by Gasteiger charge is -2.41. The van der Waals surface area contributed by atoms with Crippen LogP contribution in [0.15, 0.2) is 0 Å². The lowest BCUT2D eigenvalue weighted by Crippen LogP contribution is -2.43. The minimum atomic E-state index is 0.178. The molecule has 0 radical (unpaired) electrons. The van der Waals surface area contributed by atoms with Crippen LogP contribution in [0.2, 0.25) is 0 Å². The van der Waals surface area contributed by atoms with E-state index in [1.54, 1.807) is 7.05 Å². The number of nitrogens with one attached hydrogen (secondary N) is 1. The summed E-state index contributed by atoms with van der Waals surface area (Å²) in [5.74, 6) is 0.951. The second kappa shape index (κ2) is 3.69. The van der Waals surface area contributed by atoms with Crippen molar-refractivity contribution < 1.29 is 4.79 Å². The summed E-state index contributed by atoms with van der Waals surface area (Å²) < 4.78 is 0. The van der Waals surface area contributed by atoms with Crippen molar-refractivity contribution >= 4 is 5.91 Å². The SMILES string of the molecule is CNC(=O)[C@@H]1[C@@H](C)CCCC1(C)C. The standard InChI is InChI=1S/C11H21NO/c1-8-6-5-7-11(2,3)9(8)10(13)12-4/h8-9H,5-7H2,1-4H3,(H,12,13)/t8-,9-/m0/s1. The Morgan fingerprint density at radius 1 is 1.46 bits per heavy atom. The number of hydrogen-bond acceptors (Lipinski definition) is 1. The van der Waals surface area contributed by atoms with Crippen LogP contribution in [0.1, 0.15) is 40.0 Å². The average Bonchev–Trinajstić information content (AvgIpc) is 2.02. The number of amides is 1. The van der Waals surface area contributed by atoms with Gasteiger partial charge in [-0.05, 0) is 24.2 Å². The minimum absolute atomic E-state index is 0.178. The highest BCUT2D eigenvalue weighted by Gasteiger charge is 2.40. The minimum Gasteiger partial charge on any atom is -0.359 e. The van der Waals surface area contributed by atoms with Gasteiger partial charge >= 0.3 is 0 Å². The zero-order chi connectivity index (χ0) is 10.1. The maximum absolute atomic E-state index is 11.7. The van der Waals surface area contributed by atoms with E-state index in [-0.39, 0.29) is 17.2 Å². The predicted octanol–water partition coefficient (Wildman–Crippen LogP) is 2.19. The van der Waals surface area contributed by atoms with Crippen LogP contribution in [0.4, 0.5) is 0 Å². The normalized spacial score (nSPS) is 32.6. The molecule has 0 aromatic heterocycles. The molecule has 76 valence electrons. The fourth-order valence-electron chi connectivity index (χ4n) is 2.74. The van der Waals surface area contributed by atoms with Gasteiger partial charge < -0.3 is 5.32 Å². The molecule has 1 saturated carbocycles. The van der Waals surface area contributed by atoms with Crippen LogP contribution >= 0.6 is 0 Å². The molecule has 1 rings (SSSR count). The molecule has 0 aromatic rings. The van der Waals surface area contributed by atoms with Gasteiger partial charge in [-0.15, -0.1) is 0 Å². The Kier molecular flexibility index (Phi) is 2.99. The van der Waals surface area contributed by atoms with E-state index < -0.39 is 0 Å². The molecule has 13 heavy (non-hydrogen) atoms. The van der Waals surface area contributed by atoms with E-state index in [0.717, 1.165) is 0 Å². The van der Waals surface area contributed by atoms with E-state index in [1.165, 1.54) is 19.3 Å². The van der Waals surface area contributed by atoms with E-state index in [4.69, 9.17) is 0 Å². The molecule has 2 heteroatoms. The van der Waals surface area contributed by atoms with Crippen LogP contribution in [0.3, 0.4) is 0 Å². The number of rotatable bonds is 1. The van der Waals surface area contributed by atoms with Crippen LogP contribution in [-0.4, -0.2) is 13.0 Å². The number of hydrogen-bond donors (Lipinski definition) is 1. The smallest absolute Gasteiger partial charge is 0.223 e. The third-order valence-electron chi connectivity index (χ3n) is 3.42. The van der Waals surface area contributed by atoms with Crippen LogP contribution in [-0.2, 0) is 4.79 Å². The van der Waals surface area contributed by atoms with Crippen molar-refractivity contribution in [2.75, 3.05) is 7.05 Å². The van der Waals surface area contributed by atoms with Crippen LogP contribution in [0.25, 0.3) is 0 Å². The van der Waals surface area contributed by atoms with E-state index in [0.29, 0.717) is 5.92 Å². The first-order valence-corrected chi connectivity index (χ1v) is 5.20. The largest absolute Gasteiger partial charge is 0.359 e. The first-order chi connectivity index (χ1) is 5.99. The summed E-state index contributed by atoms with van der Waals surface area (Å²) >= 11 is 0. The van der Waals surface area contributed by atoms with Gasteiger partial charge in [-0.1, -0.05) is 27.2 Å². The topological polar surface area (TPSA) is 29.1 Å². The van der Waals surface area contributed by atoms with Gasteiger partial charge in [0.2, 0.25) is 5.91 Å². The highest BCUT2D eigenvalue weighted by atomic mass is 16.1. The zero-order valence-electron chi connectivity index (χ0n) is 9.18. The Labute approximate surface area is 81.1 Å². The number of carbonyl (C=O) groups excluding carboxylic acids is 1. The first kappa shape index (κ1) is 10.6. The Bertz CT molecular complexity index is 198. The molecule has 0 saturated heterocycles. The maximum Gasteiger partial charge on any atom is 0.223 e. The molecule has 0 spiro atoms. The molecule has 1 fully saturated rings. The molecule has 0 heterocycles. The maximum atomic E-state index is 11.7. The summed E-state index contributed by atoms with van der Waals surface area (Å²) in [6.45, 7) is 6.62. The summed E-state index contributed by atoms with van der Waals surface area (Å²) in [7, 11) is 1.74. The first-order valence-electron chi connectivity index (χ1n) is 5.20. The van der Waals surface area contributed by atoms with Crippen molar-refractivity contribution in [3.05, 3.63) is 0 Å². The quantitative estimate of drug-likeness (QED) is 0.663. The average molecular weight is 183 g/mol. The molecular weight excluding hydrogens is 162 g/mol. The van der Waals surface area contributed by atoms with Gasteiger partial charge in [-0.2, -0.15) is 0 Å². The van der Waals surface area contributed by atoms with Crippen molar-refractivity contribution in [1.29, 1.82) is 0 Å². The van der Waals surface area contributed by atoms with Crippen molar-refractivity contribution in [2.24, 2.45) is 17.3 Å². The number of carbonyl (C=O) groups is 1. The fourth-order valence-corrected chi connectivity index (χ4v) is 2.74. The lowest BCUT2D eigenvalue weighted by atomic mass is 9.64. The molecule has 0 unspecified atom stereocenters. The summed E-state index contributed by atoms with van der Waals surface area (Å²) in [5.41, 5.74) is 0.178. The van der Waals surface area contributed by atoms with Gasteiger partial charge in [0.15, 0.2) is 0 Å². The van der Waals surface area contributed by atoms with E-state index in [1.807, 2.05) is 0 Å². The molecule has 1 aliphatic carbocycles. The van der Waals surface area contributed by atoms with Gasteiger partial charge in [0, 0.05) is 13.0 Å². The van der Waals surface area contributed by atoms with Crippen molar-refractivity contribution in [2.45, 2.75) is 40.0 Å². The molecule has 2 atom stereocenters. The summed E-state index contributed by atoms with van der Waals surface area (Å²) in [5, 5.41) is 2.78. The Morgan fingerprint density at radius 2 is 2.08 bits per heavy atom. The van der Waals surface area contributed by atoms with E-state index in [9.17, 15) is 4.79 Å². The van der Waals surface area contributed by atoms with Crippen molar-refractivity contribution in [3.63, 3.8) is 0 Å². The molecule has 2 nitrogen and oxygen atoms in total. The van der Waals surface area contributed by atoms with E-state index >= 15 is 0 Å². The van der Waals surface area contributed by atoms with Gasteiger partial charge in [0.1, 0.15) is 0 Å². The monoisotopic (exact) mass is 183 g/mol. The van der Waals surface area contributed by atoms with Crippen LogP contribution in [0.5, 0.6) is 0 Å². The Hall–Kier alpha value is -0.530. The summed E-state index contributed by atoms with van der Waals surface area (Å²) in [4.78, 5) is 11.7. The predicted molar refractivity (Wildman–Crippen MR) is 54.4 cm³/mol. The lowest BCUT2D eigenvalue weighted by molar-refractivity contribution is -0.132. The van der Waals surface area contributed by atoms with Crippen LogP contribution < -0.4 is 5.32 Å². The third kappa shape index (κ3) is 2.04. The highest BCUT2D eigenvalue weighted by Crippen LogP contribution is 2.43. The van der Waals surface area contributed by atoms with Crippen molar-refractivity contribution in [1.82, 2.24) is 5.32 Å². The second-order valence-corrected chi connectivity index (χ2v) is 4.95. The molecular formula is C11H21NO. The molecule has 0 bridgehead atoms. The summed E-state index contributed by atoms with van der Waals surface area (Å²) in [6.07, 6.45) is 3.64. The third-order valence-corrected chi connectivity index (χ3v) is 3.42. The van der Waals surface area contributed by atoms with Gasteiger partial charge in [0.05, 0.1) is 0 Å².